The van der Waals surface area contributed by atoms with E-state index in [1.165, 1.54) is 6.07 Å². The molecule has 0 saturated heterocycles. The first kappa shape index (κ1) is 15.1. The molecule has 0 amide bonds. The Morgan fingerprint density at radius 1 is 1.40 bits per heavy atom. The molecule has 0 atom stereocenters. The molecule has 6 nitrogen and oxygen atoms in total. The van der Waals surface area contributed by atoms with Crippen LogP contribution in [0.2, 0.25) is 0 Å². The molecule has 0 aliphatic heterocycles. The number of hydrogen-bond donors (Lipinski definition) is 2. The molecule has 1 aromatic rings. The molecule has 1 aromatic heterocycles. The number of nitrogens with one attached hydrogen (secondary N) is 1. The van der Waals surface area contributed by atoms with Crippen molar-refractivity contribution in [3.05, 3.63) is 23.2 Å². The smallest absolute Gasteiger partial charge is 0.339 e. The molecule has 0 radical (unpaired) electrons. The highest BCUT2D eigenvalue weighted by Gasteiger charge is 2.27. The fourth-order valence-electron chi connectivity index (χ4n) is 2.51. The maximum atomic E-state index is 12.1. The Morgan fingerprint density at radius 2 is 2.05 bits per heavy atom. The van der Waals surface area contributed by atoms with Crippen LogP contribution in [0, 0.1) is 6.92 Å². The topological polar surface area (TPSA) is 96.6 Å². The fraction of sp³-hybridized carbons (Fsp3) is 0.615. The van der Waals surface area contributed by atoms with Gasteiger partial charge in [0.05, 0.1) is 11.8 Å². The van der Waals surface area contributed by atoms with Gasteiger partial charge in [0.1, 0.15) is 17.1 Å². The van der Waals surface area contributed by atoms with Crippen LogP contribution in [0.1, 0.15) is 54.0 Å². The van der Waals surface area contributed by atoms with E-state index in [4.69, 9.17) is 9.52 Å². The summed E-state index contributed by atoms with van der Waals surface area (Å²) in [4.78, 5) is 10.9. The van der Waals surface area contributed by atoms with Crippen LogP contribution >= 0.6 is 0 Å². The average molecular weight is 301 g/mol. The van der Waals surface area contributed by atoms with Gasteiger partial charge in [0.25, 0.3) is 0 Å². The zero-order chi connectivity index (χ0) is 14.8. The third-order valence-corrected chi connectivity index (χ3v) is 5.53. The zero-order valence-corrected chi connectivity index (χ0v) is 12.2. The van der Waals surface area contributed by atoms with Gasteiger partial charge in [0.2, 0.25) is 10.0 Å². The molecule has 1 aliphatic carbocycles. The number of carboxylic acid groups (broad SMARTS) is 1. The van der Waals surface area contributed by atoms with Gasteiger partial charge in [-0.3, -0.25) is 0 Å². The number of carboxylic acids is 1. The Morgan fingerprint density at radius 3 is 2.60 bits per heavy atom. The largest absolute Gasteiger partial charge is 0.478 e. The van der Waals surface area contributed by atoms with E-state index in [1.807, 2.05) is 0 Å². The van der Waals surface area contributed by atoms with Crippen LogP contribution < -0.4 is 4.72 Å². The maximum Gasteiger partial charge on any atom is 0.339 e. The van der Waals surface area contributed by atoms with Crippen LogP contribution in [-0.4, -0.2) is 24.7 Å². The number of hydrogen-bond acceptors (Lipinski definition) is 4. The van der Waals surface area contributed by atoms with Crippen molar-refractivity contribution in [3.63, 3.8) is 0 Å². The van der Waals surface area contributed by atoms with Crippen molar-refractivity contribution >= 4 is 16.0 Å². The molecule has 20 heavy (non-hydrogen) atoms. The van der Waals surface area contributed by atoms with E-state index in [1.54, 1.807) is 6.92 Å². The van der Waals surface area contributed by atoms with Gasteiger partial charge in [0.15, 0.2) is 0 Å². The van der Waals surface area contributed by atoms with Crippen LogP contribution in [0.4, 0.5) is 0 Å². The first-order valence-electron chi connectivity index (χ1n) is 6.71. The third kappa shape index (κ3) is 3.40. The minimum Gasteiger partial charge on any atom is -0.478 e. The van der Waals surface area contributed by atoms with Gasteiger partial charge in [-0.1, -0.05) is 19.3 Å². The van der Waals surface area contributed by atoms with Crippen LogP contribution in [-0.2, 0) is 16.6 Å². The van der Waals surface area contributed by atoms with Crippen molar-refractivity contribution in [1.29, 1.82) is 0 Å². The molecule has 0 bridgehead atoms. The second-order valence-corrected chi connectivity index (χ2v) is 7.16. The summed E-state index contributed by atoms with van der Waals surface area (Å²) in [6.45, 7) is 1.54. The number of rotatable bonds is 5. The summed E-state index contributed by atoms with van der Waals surface area (Å²) in [6, 6.07) is 1.36. The Balaban J connectivity index is 2.00. The molecule has 0 spiro atoms. The summed E-state index contributed by atoms with van der Waals surface area (Å²) in [7, 11) is -3.36. The molecule has 0 unspecified atom stereocenters. The van der Waals surface area contributed by atoms with Gasteiger partial charge in [0, 0.05) is 0 Å². The Bertz CT molecular complexity index is 584. The lowest BCUT2D eigenvalue weighted by Gasteiger charge is -2.21. The molecule has 2 rings (SSSR count). The second-order valence-electron chi connectivity index (χ2n) is 5.11. The van der Waals surface area contributed by atoms with Gasteiger partial charge in [-0.25, -0.2) is 17.9 Å². The molecule has 112 valence electrons. The van der Waals surface area contributed by atoms with Gasteiger partial charge >= 0.3 is 5.97 Å². The van der Waals surface area contributed by atoms with E-state index < -0.39 is 16.0 Å². The Labute approximate surface area is 118 Å². The zero-order valence-electron chi connectivity index (χ0n) is 11.4. The normalized spacial score (nSPS) is 17.2. The van der Waals surface area contributed by atoms with Crippen LogP contribution in [0.25, 0.3) is 0 Å². The Hall–Kier alpha value is -1.34. The number of sulfonamides is 1. The lowest BCUT2D eigenvalue weighted by atomic mass is 10.0. The first-order chi connectivity index (χ1) is 9.40. The lowest BCUT2D eigenvalue weighted by molar-refractivity contribution is 0.0695. The summed E-state index contributed by atoms with van der Waals surface area (Å²) >= 11 is 0. The number of carbonyl (C=O) groups is 1. The van der Waals surface area contributed by atoms with Crippen LogP contribution in [0.3, 0.4) is 0 Å². The molecule has 1 saturated carbocycles. The lowest BCUT2D eigenvalue weighted by Crippen LogP contribution is -2.35. The highest BCUT2D eigenvalue weighted by atomic mass is 32.2. The monoisotopic (exact) mass is 301 g/mol. The standard InChI is InChI=1S/C13H19NO5S/c1-9-12(13(15)16)7-10(19-9)8-14-20(17,18)11-5-3-2-4-6-11/h7,11,14H,2-6,8H2,1H3,(H,15,16). The van der Waals surface area contributed by atoms with Gasteiger partial charge in [-0.15, -0.1) is 0 Å². The third-order valence-electron chi connectivity index (χ3n) is 3.64. The quantitative estimate of drug-likeness (QED) is 0.867. The number of furan rings is 1. The second kappa shape index (κ2) is 5.97. The fourth-order valence-corrected chi connectivity index (χ4v) is 4.04. The average Bonchev–Trinajstić information content (AvgIpc) is 2.79. The molecular weight excluding hydrogens is 282 g/mol. The van der Waals surface area contributed by atoms with Crippen LogP contribution in [0.15, 0.2) is 10.5 Å². The van der Waals surface area contributed by atoms with Crippen LogP contribution in [0.5, 0.6) is 0 Å². The van der Waals surface area contributed by atoms with Crippen molar-refractivity contribution in [2.24, 2.45) is 0 Å². The van der Waals surface area contributed by atoms with Gasteiger partial charge in [-0.2, -0.15) is 0 Å². The number of aromatic carboxylic acids is 1. The summed E-state index contributed by atoms with van der Waals surface area (Å²) in [5.41, 5.74) is 0.0665. The molecule has 7 heteroatoms. The van der Waals surface area contributed by atoms with E-state index >= 15 is 0 Å². The van der Waals surface area contributed by atoms with Gasteiger partial charge in [-0.05, 0) is 25.8 Å². The van der Waals surface area contributed by atoms with Crippen molar-refractivity contribution < 1.29 is 22.7 Å². The molecule has 2 N–H and O–H groups in total. The predicted octanol–water partition coefficient (Wildman–Crippen LogP) is 2.04. The summed E-state index contributed by atoms with van der Waals surface area (Å²) < 4.78 is 32.0. The molecular formula is C13H19NO5S. The highest BCUT2D eigenvalue weighted by Crippen LogP contribution is 2.23. The van der Waals surface area contributed by atoms with Crippen molar-refractivity contribution in [3.8, 4) is 0 Å². The number of aryl methyl sites for hydroxylation is 1. The SMILES string of the molecule is Cc1oc(CNS(=O)(=O)C2CCCCC2)cc1C(=O)O. The van der Waals surface area contributed by atoms with Crippen molar-refractivity contribution in [2.45, 2.75) is 50.8 Å². The summed E-state index contributed by atoms with van der Waals surface area (Å²) in [5.74, 6) is -0.476. The molecule has 1 aliphatic rings. The van der Waals surface area contributed by atoms with E-state index in [2.05, 4.69) is 4.72 Å². The van der Waals surface area contributed by atoms with E-state index in [-0.39, 0.29) is 23.1 Å². The molecule has 0 aromatic carbocycles. The maximum absolute atomic E-state index is 12.1. The highest BCUT2D eigenvalue weighted by molar-refractivity contribution is 7.90. The van der Waals surface area contributed by atoms with Crippen molar-refractivity contribution in [1.82, 2.24) is 4.72 Å². The van der Waals surface area contributed by atoms with E-state index in [0.29, 0.717) is 18.6 Å². The predicted molar refractivity (Wildman–Crippen MR) is 73.0 cm³/mol. The van der Waals surface area contributed by atoms with E-state index in [0.717, 1.165) is 19.3 Å². The van der Waals surface area contributed by atoms with E-state index in [9.17, 15) is 13.2 Å². The summed E-state index contributed by atoms with van der Waals surface area (Å²) in [6.07, 6.45) is 4.34. The first-order valence-corrected chi connectivity index (χ1v) is 8.26. The minimum atomic E-state index is -3.36. The van der Waals surface area contributed by atoms with Crippen molar-refractivity contribution in [2.75, 3.05) is 0 Å². The summed E-state index contributed by atoms with van der Waals surface area (Å²) in [5, 5.41) is 8.57. The molecule has 1 fully saturated rings. The minimum absolute atomic E-state index is 0.00699. The Kier molecular flexibility index (Phi) is 4.49. The molecule has 1 heterocycles. The van der Waals surface area contributed by atoms with Gasteiger partial charge < -0.3 is 9.52 Å².